The van der Waals surface area contributed by atoms with Crippen LogP contribution in [0.1, 0.15) is 18.5 Å². The second kappa shape index (κ2) is 5.89. The largest absolute Gasteiger partial charge is 0.378 e. The molecule has 18 heavy (non-hydrogen) atoms. The average molecular weight is 376 g/mol. The predicted octanol–water partition coefficient (Wildman–Crippen LogP) is 5.26. The Balaban J connectivity index is 2.19. The van der Waals surface area contributed by atoms with E-state index in [9.17, 15) is 4.39 Å². The molecule has 0 aromatic heterocycles. The Morgan fingerprint density at radius 2 is 1.94 bits per heavy atom. The minimum absolute atomic E-state index is 0.0685. The van der Waals surface area contributed by atoms with Crippen molar-refractivity contribution in [3.8, 4) is 0 Å². The third-order valence-electron chi connectivity index (χ3n) is 2.69. The van der Waals surface area contributed by atoms with Gasteiger partial charge in [0.1, 0.15) is 5.82 Å². The van der Waals surface area contributed by atoms with E-state index in [1.54, 1.807) is 12.1 Å². The Labute approximate surface area is 124 Å². The molecule has 0 aliphatic heterocycles. The Hall–Kier alpha value is -0.810. The van der Waals surface area contributed by atoms with Crippen LogP contribution in [-0.2, 0) is 0 Å². The minimum Gasteiger partial charge on any atom is -0.378 e. The van der Waals surface area contributed by atoms with E-state index < -0.39 is 0 Å². The minimum atomic E-state index is -0.387. The lowest BCUT2D eigenvalue weighted by Gasteiger charge is -2.17. The van der Waals surface area contributed by atoms with E-state index in [1.165, 1.54) is 6.07 Å². The third-order valence-corrected chi connectivity index (χ3v) is 3.92. The molecule has 0 radical (unpaired) electrons. The monoisotopic (exact) mass is 375 g/mol. The van der Waals surface area contributed by atoms with E-state index in [0.717, 1.165) is 14.8 Å². The van der Waals surface area contributed by atoms with Crippen molar-refractivity contribution in [2.75, 3.05) is 5.32 Å². The van der Waals surface area contributed by atoms with Gasteiger partial charge in [-0.2, -0.15) is 0 Å². The summed E-state index contributed by atoms with van der Waals surface area (Å²) in [5, 5.41) is 3.54. The highest BCUT2D eigenvalue weighted by molar-refractivity contribution is 14.1. The van der Waals surface area contributed by atoms with Crippen molar-refractivity contribution in [1.29, 1.82) is 0 Å². The highest BCUT2D eigenvalue weighted by atomic mass is 127. The van der Waals surface area contributed by atoms with Crippen molar-refractivity contribution in [2.45, 2.75) is 13.0 Å². The topological polar surface area (TPSA) is 12.0 Å². The molecule has 0 heterocycles. The number of benzene rings is 2. The molecule has 94 valence electrons. The molecular weight excluding hydrogens is 364 g/mol. The first kappa shape index (κ1) is 13.6. The van der Waals surface area contributed by atoms with Crippen LogP contribution in [0.15, 0.2) is 42.5 Å². The molecule has 0 spiro atoms. The molecule has 1 unspecified atom stereocenters. The number of para-hydroxylation sites is 1. The van der Waals surface area contributed by atoms with E-state index in [4.69, 9.17) is 11.6 Å². The number of hydrogen-bond acceptors (Lipinski definition) is 1. The highest BCUT2D eigenvalue weighted by Crippen LogP contribution is 2.26. The third kappa shape index (κ3) is 3.14. The molecule has 0 aliphatic rings. The lowest BCUT2D eigenvalue weighted by atomic mass is 10.1. The summed E-state index contributed by atoms with van der Waals surface area (Å²) in [6.45, 7) is 2.02. The van der Waals surface area contributed by atoms with Gasteiger partial charge in [-0.1, -0.05) is 29.8 Å². The summed E-state index contributed by atoms with van der Waals surface area (Å²) in [6.07, 6.45) is 0. The first-order valence-corrected chi connectivity index (χ1v) is 6.99. The van der Waals surface area contributed by atoms with Crippen molar-refractivity contribution >= 4 is 39.9 Å². The molecule has 0 aliphatic carbocycles. The van der Waals surface area contributed by atoms with Gasteiger partial charge in [0.2, 0.25) is 0 Å². The van der Waals surface area contributed by atoms with Crippen LogP contribution in [0.3, 0.4) is 0 Å². The van der Waals surface area contributed by atoms with Crippen LogP contribution in [0.5, 0.6) is 0 Å². The van der Waals surface area contributed by atoms with E-state index in [0.29, 0.717) is 0 Å². The Kier molecular flexibility index (Phi) is 4.45. The molecule has 0 saturated heterocycles. The molecular formula is C14H12ClFIN. The molecule has 2 rings (SSSR count). The summed E-state index contributed by atoms with van der Waals surface area (Å²) in [5.41, 5.74) is 2.02. The van der Waals surface area contributed by atoms with Crippen molar-refractivity contribution in [3.63, 3.8) is 0 Å². The fraction of sp³-hybridized carbons (Fsp3) is 0.143. The number of rotatable bonds is 3. The zero-order valence-corrected chi connectivity index (χ0v) is 12.7. The van der Waals surface area contributed by atoms with Crippen molar-refractivity contribution < 1.29 is 4.39 Å². The second-order valence-corrected chi connectivity index (χ2v) is 5.59. The van der Waals surface area contributed by atoms with Crippen LogP contribution in [0.2, 0.25) is 5.02 Å². The van der Waals surface area contributed by atoms with Gasteiger partial charge in [-0.3, -0.25) is 0 Å². The Morgan fingerprint density at radius 3 is 2.61 bits per heavy atom. The summed E-state index contributed by atoms with van der Waals surface area (Å²) >= 11 is 8.06. The average Bonchev–Trinajstić information content (AvgIpc) is 2.35. The zero-order valence-electron chi connectivity index (χ0n) is 9.75. The van der Waals surface area contributed by atoms with Gasteiger partial charge >= 0.3 is 0 Å². The maximum absolute atomic E-state index is 13.1. The van der Waals surface area contributed by atoms with Crippen molar-refractivity contribution in [3.05, 3.63) is 62.4 Å². The molecule has 1 N–H and O–H groups in total. The molecule has 1 nitrogen and oxygen atoms in total. The predicted molar refractivity (Wildman–Crippen MR) is 82.6 cm³/mol. The molecule has 0 amide bonds. The molecule has 0 saturated carbocycles. The van der Waals surface area contributed by atoms with Gasteiger partial charge in [0.25, 0.3) is 0 Å². The number of halogens is 3. The fourth-order valence-electron chi connectivity index (χ4n) is 1.68. The van der Waals surface area contributed by atoms with Gasteiger partial charge in [-0.15, -0.1) is 0 Å². The number of nitrogens with one attached hydrogen (secondary N) is 1. The van der Waals surface area contributed by atoms with Crippen LogP contribution in [0.4, 0.5) is 10.1 Å². The Morgan fingerprint density at radius 1 is 1.22 bits per heavy atom. The van der Waals surface area contributed by atoms with Gasteiger partial charge in [0.15, 0.2) is 0 Å². The molecule has 1 atom stereocenters. The van der Waals surface area contributed by atoms with Gasteiger partial charge in [0.05, 0.1) is 5.02 Å². The maximum atomic E-state index is 13.1. The fourth-order valence-corrected chi connectivity index (χ4v) is 2.41. The first-order chi connectivity index (χ1) is 8.58. The van der Waals surface area contributed by atoms with E-state index in [-0.39, 0.29) is 16.9 Å². The summed E-state index contributed by atoms with van der Waals surface area (Å²) in [5.74, 6) is -0.387. The van der Waals surface area contributed by atoms with Crippen molar-refractivity contribution in [1.82, 2.24) is 0 Å². The van der Waals surface area contributed by atoms with Gasteiger partial charge in [0, 0.05) is 15.3 Å². The second-order valence-electron chi connectivity index (χ2n) is 4.02. The molecule has 4 heteroatoms. The summed E-state index contributed by atoms with van der Waals surface area (Å²) in [6, 6.07) is 12.9. The van der Waals surface area contributed by atoms with Crippen LogP contribution >= 0.6 is 34.2 Å². The van der Waals surface area contributed by atoms with E-state index in [2.05, 4.69) is 27.9 Å². The molecule has 2 aromatic carbocycles. The van der Waals surface area contributed by atoms with Crippen LogP contribution < -0.4 is 5.32 Å². The summed E-state index contributed by atoms with van der Waals surface area (Å²) < 4.78 is 14.2. The maximum Gasteiger partial charge on any atom is 0.141 e. The number of anilines is 1. The van der Waals surface area contributed by atoms with Gasteiger partial charge in [-0.25, -0.2) is 4.39 Å². The van der Waals surface area contributed by atoms with Gasteiger partial charge in [-0.05, 0) is 59.3 Å². The SMILES string of the molecule is CC(Nc1ccccc1I)c1ccc(F)c(Cl)c1. The Bertz CT molecular complexity index is 559. The van der Waals surface area contributed by atoms with Gasteiger partial charge < -0.3 is 5.32 Å². The lowest BCUT2D eigenvalue weighted by molar-refractivity contribution is 0.627. The van der Waals surface area contributed by atoms with Crippen LogP contribution in [0, 0.1) is 9.39 Å². The smallest absolute Gasteiger partial charge is 0.141 e. The van der Waals surface area contributed by atoms with E-state index >= 15 is 0 Å². The number of hydrogen-bond donors (Lipinski definition) is 1. The van der Waals surface area contributed by atoms with Crippen molar-refractivity contribution in [2.24, 2.45) is 0 Å². The zero-order chi connectivity index (χ0) is 13.1. The summed E-state index contributed by atoms with van der Waals surface area (Å²) in [7, 11) is 0. The molecule has 0 fully saturated rings. The molecule has 0 bridgehead atoms. The molecule has 2 aromatic rings. The lowest BCUT2D eigenvalue weighted by Crippen LogP contribution is -2.07. The van der Waals surface area contributed by atoms with Crippen LogP contribution in [-0.4, -0.2) is 0 Å². The van der Waals surface area contributed by atoms with E-state index in [1.807, 2.05) is 31.2 Å². The standard InChI is InChI=1S/C14H12ClFIN/c1-9(10-6-7-12(16)11(15)8-10)18-14-5-3-2-4-13(14)17/h2-9,18H,1H3. The normalized spacial score (nSPS) is 12.2. The summed E-state index contributed by atoms with van der Waals surface area (Å²) in [4.78, 5) is 0. The first-order valence-electron chi connectivity index (χ1n) is 5.54. The van der Waals surface area contributed by atoms with Crippen LogP contribution in [0.25, 0.3) is 0 Å². The quantitative estimate of drug-likeness (QED) is 0.722. The highest BCUT2D eigenvalue weighted by Gasteiger charge is 2.09.